The molecule has 2 atom stereocenters. The van der Waals surface area contributed by atoms with E-state index < -0.39 is 17.7 Å². The molecule has 0 bridgehead atoms. The molecule has 0 amide bonds. The SMILES string of the molecule is COC(C)C(N)c1ccc(F)cc1F. The van der Waals surface area contributed by atoms with Gasteiger partial charge in [0, 0.05) is 18.7 Å². The van der Waals surface area contributed by atoms with Gasteiger partial charge in [0.15, 0.2) is 0 Å². The molecule has 0 aromatic heterocycles. The summed E-state index contributed by atoms with van der Waals surface area (Å²) in [6.45, 7) is 1.73. The van der Waals surface area contributed by atoms with E-state index in [9.17, 15) is 8.78 Å². The molecule has 0 aliphatic heterocycles. The Morgan fingerprint density at radius 1 is 1.36 bits per heavy atom. The summed E-state index contributed by atoms with van der Waals surface area (Å²) in [7, 11) is 1.49. The quantitative estimate of drug-likeness (QED) is 0.811. The molecule has 4 heteroatoms. The zero-order valence-corrected chi connectivity index (χ0v) is 8.13. The molecule has 0 saturated carbocycles. The average Bonchev–Trinajstić information content (AvgIpc) is 2.15. The van der Waals surface area contributed by atoms with Crippen molar-refractivity contribution >= 4 is 0 Å². The molecule has 0 fully saturated rings. The van der Waals surface area contributed by atoms with Gasteiger partial charge in [0.25, 0.3) is 0 Å². The first kappa shape index (κ1) is 11.1. The number of rotatable bonds is 3. The van der Waals surface area contributed by atoms with Crippen LogP contribution in [0.5, 0.6) is 0 Å². The third-order valence-electron chi connectivity index (χ3n) is 2.20. The number of halogens is 2. The molecule has 0 aliphatic carbocycles. The number of benzene rings is 1. The molecule has 0 saturated heterocycles. The molecule has 1 aromatic carbocycles. The maximum atomic E-state index is 13.2. The highest BCUT2D eigenvalue weighted by molar-refractivity contribution is 5.22. The van der Waals surface area contributed by atoms with Gasteiger partial charge in [-0.05, 0) is 13.0 Å². The summed E-state index contributed by atoms with van der Waals surface area (Å²) in [5.41, 5.74) is 5.98. The fourth-order valence-corrected chi connectivity index (χ4v) is 1.17. The largest absolute Gasteiger partial charge is 0.380 e. The molecule has 78 valence electrons. The van der Waals surface area contributed by atoms with E-state index in [1.807, 2.05) is 0 Å². The second kappa shape index (κ2) is 4.48. The minimum Gasteiger partial charge on any atom is -0.380 e. The van der Waals surface area contributed by atoms with Crippen molar-refractivity contribution in [2.24, 2.45) is 5.73 Å². The van der Waals surface area contributed by atoms with E-state index in [1.165, 1.54) is 19.2 Å². The van der Waals surface area contributed by atoms with Crippen LogP contribution >= 0.6 is 0 Å². The van der Waals surface area contributed by atoms with E-state index in [0.29, 0.717) is 0 Å². The van der Waals surface area contributed by atoms with E-state index >= 15 is 0 Å². The van der Waals surface area contributed by atoms with Crippen molar-refractivity contribution in [2.45, 2.75) is 19.1 Å². The fourth-order valence-electron chi connectivity index (χ4n) is 1.17. The van der Waals surface area contributed by atoms with Gasteiger partial charge in [0.2, 0.25) is 0 Å². The van der Waals surface area contributed by atoms with E-state index in [2.05, 4.69) is 0 Å². The molecule has 1 rings (SSSR count). The molecule has 2 nitrogen and oxygen atoms in total. The van der Waals surface area contributed by atoms with Crippen molar-refractivity contribution in [3.05, 3.63) is 35.4 Å². The number of nitrogens with two attached hydrogens (primary N) is 1. The van der Waals surface area contributed by atoms with Crippen LogP contribution in [0.25, 0.3) is 0 Å². The summed E-state index contributed by atoms with van der Waals surface area (Å²) in [5, 5.41) is 0. The Labute approximate surface area is 81.7 Å². The van der Waals surface area contributed by atoms with Crippen molar-refractivity contribution in [3.8, 4) is 0 Å². The van der Waals surface area contributed by atoms with Crippen molar-refractivity contribution in [1.82, 2.24) is 0 Å². The van der Waals surface area contributed by atoms with Gasteiger partial charge in [0.05, 0.1) is 12.1 Å². The van der Waals surface area contributed by atoms with Crippen molar-refractivity contribution < 1.29 is 13.5 Å². The lowest BCUT2D eigenvalue weighted by molar-refractivity contribution is 0.0945. The Kier molecular flexibility index (Phi) is 3.55. The summed E-state index contributed by atoms with van der Waals surface area (Å²) in [4.78, 5) is 0. The van der Waals surface area contributed by atoms with Gasteiger partial charge in [-0.25, -0.2) is 8.78 Å². The number of methoxy groups -OCH3 is 1. The van der Waals surface area contributed by atoms with Crippen LogP contribution in [0.3, 0.4) is 0 Å². The molecule has 0 radical (unpaired) electrons. The molecule has 0 aliphatic rings. The maximum absolute atomic E-state index is 13.2. The fraction of sp³-hybridized carbons (Fsp3) is 0.400. The summed E-state index contributed by atoms with van der Waals surface area (Å²) in [5.74, 6) is -1.25. The van der Waals surface area contributed by atoms with Gasteiger partial charge >= 0.3 is 0 Å². The molecule has 2 N–H and O–H groups in total. The van der Waals surface area contributed by atoms with Crippen LogP contribution in [0.4, 0.5) is 8.78 Å². The zero-order chi connectivity index (χ0) is 10.7. The van der Waals surface area contributed by atoms with Crippen LogP contribution in [0.15, 0.2) is 18.2 Å². The lowest BCUT2D eigenvalue weighted by atomic mass is 10.0. The van der Waals surface area contributed by atoms with Crippen LogP contribution in [-0.4, -0.2) is 13.2 Å². The first-order valence-corrected chi connectivity index (χ1v) is 4.29. The molecule has 1 aromatic rings. The van der Waals surface area contributed by atoms with Crippen LogP contribution in [0.1, 0.15) is 18.5 Å². The van der Waals surface area contributed by atoms with Crippen LogP contribution in [-0.2, 0) is 4.74 Å². The number of hydrogen-bond acceptors (Lipinski definition) is 2. The molecule has 14 heavy (non-hydrogen) atoms. The smallest absolute Gasteiger partial charge is 0.130 e. The van der Waals surface area contributed by atoms with E-state index in [0.717, 1.165) is 6.07 Å². The van der Waals surface area contributed by atoms with E-state index in [-0.39, 0.29) is 11.7 Å². The van der Waals surface area contributed by atoms with Crippen molar-refractivity contribution in [1.29, 1.82) is 0 Å². The van der Waals surface area contributed by atoms with E-state index in [4.69, 9.17) is 10.5 Å². The minimum absolute atomic E-state index is 0.265. The Bertz CT molecular complexity index is 317. The molecule has 0 spiro atoms. The Morgan fingerprint density at radius 3 is 2.50 bits per heavy atom. The Hall–Kier alpha value is -1.00. The van der Waals surface area contributed by atoms with Gasteiger partial charge in [0.1, 0.15) is 11.6 Å². The van der Waals surface area contributed by atoms with Crippen molar-refractivity contribution in [3.63, 3.8) is 0 Å². The van der Waals surface area contributed by atoms with E-state index in [1.54, 1.807) is 6.92 Å². The topological polar surface area (TPSA) is 35.2 Å². The van der Waals surface area contributed by atoms with Crippen LogP contribution in [0, 0.1) is 11.6 Å². The highest BCUT2D eigenvalue weighted by Gasteiger charge is 2.17. The van der Waals surface area contributed by atoms with Gasteiger partial charge in [-0.3, -0.25) is 0 Å². The third-order valence-corrected chi connectivity index (χ3v) is 2.20. The normalized spacial score (nSPS) is 15.2. The summed E-state index contributed by atoms with van der Waals surface area (Å²) >= 11 is 0. The van der Waals surface area contributed by atoms with Crippen LogP contribution < -0.4 is 5.73 Å². The molecule has 0 heterocycles. The monoisotopic (exact) mass is 201 g/mol. The minimum atomic E-state index is -0.638. The first-order chi connectivity index (χ1) is 6.56. The first-order valence-electron chi connectivity index (χ1n) is 4.29. The highest BCUT2D eigenvalue weighted by Crippen LogP contribution is 2.20. The predicted molar refractivity (Wildman–Crippen MR) is 49.8 cm³/mol. The van der Waals surface area contributed by atoms with Crippen LogP contribution in [0.2, 0.25) is 0 Å². The number of ether oxygens (including phenoxy) is 1. The Balaban J connectivity index is 2.95. The van der Waals surface area contributed by atoms with Gasteiger partial charge < -0.3 is 10.5 Å². The predicted octanol–water partition coefficient (Wildman–Crippen LogP) is 2.00. The molecular formula is C10H13F2NO. The van der Waals surface area contributed by atoms with Gasteiger partial charge in [-0.2, -0.15) is 0 Å². The molecule has 2 unspecified atom stereocenters. The Morgan fingerprint density at radius 2 is 2.00 bits per heavy atom. The zero-order valence-electron chi connectivity index (χ0n) is 8.13. The number of hydrogen-bond donors (Lipinski definition) is 1. The maximum Gasteiger partial charge on any atom is 0.130 e. The highest BCUT2D eigenvalue weighted by atomic mass is 19.1. The average molecular weight is 201 g/mol. The van der Waals surface area contributed by atoms with Gasteiger partial charge in [-0.15, -0.1) is 0 Å². The lowest BCUT2D eigenvalue weighted by Crippen LogP contribution is -2.26. The standard InChI is InChI=1S/C10H13F2NO/c1-6(14-2)10(13)8-4-3-7(11)5-9(8)12/h3-6,10H,13H2,1-2H3. The second-order valence-corrected chi connectivity index (χ2v) is 3.13. The lowest BCUT2D eigenvalue weighted by Gasteiger charge is -2.19. The molecular weight excluding hydrogens is 188 g/mol. The second-order valence-electron chi connectivity index (χ2n) is 3.13. The summed E-state index contributed by atoms with van der Waals surface area (Å²) < 4.78 is 30.8. The summed E-state index contributed by atoms with van der Waals surface area (Å²) in [6.07, 6.45) is -0.310. The third kappa shape index (κ3) is 2.27. The summed E-state index contributed by atoms with van der Waals surface area (Å²) in [6, 6.07) is 2.75. The van der Waals surface area contributed by atoms with Gasteiger partial charge in [-0.1, -0.05) is 6.07 Å². The van der Waals surface area contributed by atoms with Crippen molar-refractivity contribution in [2.75, 3.05) is 7.11 Å².